The van der Waals surface area contributed by atoms with Crippen LogP contribution in [0.4, 0.5) is 0 Å². The van der Waals surface area contributed by atoms with Gasteiger partial charge in [-0.25, -0.2) is 0 Å². The van der Waals surface area contributed by atoms with Crippen LogP contribution < -0.4 is 5.73 Å². The number of nitrogens with two attached hydrogens (primary N) is 1. The number of rotatable bonds is 4. The highest BCUT2D eigenvalue weighted by Crippen LogP contribution is 2.31. The molecule has 0 spiro atoms. The molecule has 0 aromatic rings. The molecule has 1 aliphatic carbocycles. The molecule has 2 N–H and O–H groups in total. The third-order valence-corrected chi connectivity index (χ3v) is 5.04. The quantitative estimate of drug-likeness (QED) is 0.865. The molecule has 1 saturated carbocycles. The summed E-state index contributed by atoms with van der Waals surface area (Å²) in [6.07, 6.45) is 10.9. The number of piperidine rings is 1. The van der Waals surface area contributed by atoms with Crippen LogP contribution >= 0.6 is 12.4 Å². The van der Waals surface area contributed by atoms with Gasteiger partial charge in [-0.2, -0.15) is 0 Å². The van der Waals surface area contributed by atoms with Crippen molar-refractivity contribution in [2.24, 2.45) is 17.6 Å². The summed E-state index contributed by atoms with van der Waals surface area (Å²) in [7, 11) is 0. The molecule has 118 valence electrons. The largest absolute Gasteiger partial charge is 0.342 e. The molecule has 0 aromatic heterocycles. The topological polar surface area (TPSA) is 46.3 Å². The summed E-state index contributed by atoms with van der Waals surface area (Å²) in [4.78, 5) is 14.7. The Bertz CT molecular complexity index is 284. The van der Waals surface area contributed by atoms with Gasteiger partial charge in [0, 0.05) is 25.0 Å². The maximum Gasteiger partial charge on any atom is 0.225 e. The van der Waals surface area contributed by atoms with E-state index in [-0.39, 0.29) is 18.3 Å². The monoisotopic (exact) mass is 302 g/mol. The summed E-state index contributed by atoms with van der Waals surface area (Å²) in [5, 5.41) is 0. The molecule has 4 heteroatoms. The van der Waals surface area contributed by atoms with E-state index in [1.165, 1.54) is 32.1 Å². The van der Waals surface area contributed by atoms with Crippen molar-refractivity contribution >= 4 is 18.3 Å². The standard InChI is InChI=1S/C16H30N2O.ClH/c1-2-14(12-13-6-4-3-5-7-13)16(19)18-10-8-15(17)9-11-18;/h13-15H,2-12,17H2,1H3;1H. The summed E-state index contributed by atoms with van der Waals surface area (Å²) >= 11 is 0. The third kappa shape index (κ3) is 4.92. The summed E-state index contributed by atoms with van der Waals surface area (Å²) in [5.41, 5.74) is 5.92. The molecule has 1 aliphatic heterocycles. The van der Waals surface area contributed by atoms with Crippen LogP contribution in [0.1, 0.15) is 64.7 Å². The van der Waals surface area contributed by atoms with Crippen LogP contribution in [0.25, 0.3) is 0 Å². The predicted molar refractivity (Wildman–Crippen MR) is 86.0 cm³/mol. The van der Waals surface area contributed by atoms with Crippen molar-refractivity contribution in [1.82, 2.24) is 4.90 Å². The number of carbonyl (C=O) groups excluding carboxylic acids is 1. The van der Waals surface area contributed by atoms with Crippen molar-refractivity contribution in [1.29, 1.82) is 0 Å². The van der Waals surface area contributed by atoms with Crippen LogP contribution in [0.2, 0.25) is 0 Å². The lowest BCUT2D eigenvalue weighted by Gasteiger charge is -2.34. The maximum absolute atomic E-state index is 12.6. The van der Waals surface area contributed by atoms with Crippen molar-refractivity contribution in [3.63, 3.8) is 0 Å². The predicted octanol–water partition coefficient (Wildman–Crippen LogP) is 3.35. The molecule has 0 radical (unpaired) electrons. The molecule has 1 saturated heterocycles. The number of hydrogen-bond donors (Lipinski definition) is 1. The van der Waals surface area contributed by atoms with Crippen molar-refractivity contribution in [2.45, 2.75) is 70.8 Å². The van der Waals surface area contributed by atoms with Gasteiger partial charge in [0.15, 0.2) is 0 Å². The van der Waals surface area contributed by atoms with Crippen LogP contribution in [0.5, 0.6) is 0 Å². The highest BCUT2D eigenvalue weighted by Gasteiger charge is 2.28. The molecule has 1 atom stereocenters. The minimum atomic E-state index is 0. The van der Waals surface area contributed by atoms with Crippen molar-refractivity contribution in [2.75, 3.05) is 13.1 Å². The molecule has 1 unspecified atom stereocenters. The summed E-state index contributed by atoms with van der Waals surface area (Å²) < 4.78 is 0. The lowest BCUT2D eigenvalue weighted by molar-refractivity contribution is -0.137. The van der Waals surface area contributed by atoms with E-state index >= 15 is 0 Å². The molecule has 0 aromatic carbocycles. The van der Waals surface area contributed by atoms with Gasteiger partial charge in [-0.1, -0.05) is 39.0 Å². The average Bonchev–Trinajstić information content (AvgIpc) is 2.46. The summed E-state index contributed by atoms with van der Waals surface area (Å²) in [6, 6.07) is 0.308. The van der Waals surface area contributed by atoms with Crippen LogP contribution in [0.3, 0.4) is 0 Å². The Hall–Kier alpha value is -0.280. The highest BCUT2D eigenvalue weighted by atomic mass is 35.5. The van der Waals surface area contributed by atoms with Crippen LogP contribution in [-0.4, -0.2) is 29.9 Å². The number of nitrogens with zero attached hydrogens (tertiary/aromatic N) is 1. The van der Waals surface area contributed by atoms with Gasteiger partial charge in [-0.05, 0) is 31.6 Å². The molecule has 1 heterocycles. The molecule has 20 heavy (non-hydrogen) atoms. The minimum absolute atomic E-state index is 0. The number of halogens is 1. The Labute approximate surface area is 130 Å². The first-order valence-electron chi connectivity index (χ1n) is 8.25. The number of likely N-dealkylation sites (tertiary alicyclic amines) is 1. The van der Waals surface area contributed by atoms with E-state index in [0.717, 1.165) is 44.7 Å². The Morgan fingerprint density at radius 1 is 1.15 bits per heavy atom. The van der Waals surface area contributed by atoms with Crippen molar-refractivity contribution < 1.29 is 4.79 Å². The Balaban J connectivity index is 0.00000200. The van der Waals surface area contributed by atoms with E-state index < -0.39 is 0 Å². The first kappa shape index (κ1) is 17.8. The molecular weight excluding hydrogens is 272 g/mol. The van der Waals surface area contributed by atoms with Crippen LogP contribution in [-0.2, 0) is 4.79 Å². The Morgan fingerprint density at radius 2 is 1.75 bits per heavy atom. The second-order valence-electron chi connectivity index (χ2n) is 6.51. The lowest BCUT2D eigenvalue weighted by Crippen LogP contribution is -2.45. The fourth-order valence-electron chi connectivity index (χ4n) is 3.65. The summed E-state index contributed by atoms with van der Waals surface area (Å²) in [6.45, 7) is 3.92. The zero-order valence-electron chi connectivity index (χ0n) is 12.9. The number of amides is 1. The third-order valence-electron chi connectivity index (χ3n) is 5.04. The maximum atomic E-state index is 12.6. The van der Waals surface area contributed by atoms with Crippen LogP contribution in [0.15, 0.2) is 0 Å². The molecule has 2 rings (SSSR count). The molecule has 1 amide bonds. The van der Waals surface area contributed by atoms with Gasteiger partial charge in [-0.3, -0.25) is 4.79 Å². The average molecular weight is 303 g/mol. The smallest absolute Gasteiger partial charge is 0.225 e. The van der Waals surface area contributed by atoms with Crippen molar-refractivity contribution in [3.8, 4) is 0 Å². The van der Waals surface area contributed by atoms with Crippen LogP contribution in [0, 0.1) is 11.8 Å². The first-order valence-corrected chi connectivity index (χ1v) is 8.25. The van der Waals surface area contributed by atoms with E-state index in [4.69, 9.17) is 5.73 Å². The minimum Gasteiger partial charge on any atom is -0.342 e. The zero-order chi connectivity index (χ0) is 13.7. The van der Waals surface area contributed by atoms with Gasteiger partial charge < -0.3 is 10.6 Å². The second kappa shape index (κ2) is 8.89. The van der Waals surface area contributed by atoms with Gasteiger partial charge in [-0.15, -0.1) is 12.4 Å². The van der Waals surface area contributed by atoms with E-state index in [1.807, 2.05) is 0 Å². The first-order chi connectivity index (χ1) is 9.20. The zero-order valence-corrected chi connectivity index (χ0v) is 13.7. The van der Waals surface area contributed by atoms with E-state index in [1.54, 1.807) is 0 Å². The highest BCUT2D eigenvalue weighted by molar-refractivity contribution is 5.85. The van der Waals surface area contributed by atoms with Gasteiger partial charge >= 0.3 is 0 Å². The summed E-state index contributed by atoms with van der Waals surface area (Å²) in [5.74, 6) is 1.46. The Kier molecular flexibility index (Phi) is 7.90. The van der Waals surface area contributed by atoms with Gasteiger partial charge in [0.1, 0.15) is 0 Å². The molecular formula is C16H31ClN2O. The molecule has 0 bridgehead atoms. The van der Waals surface area contributed by atoms with Crippen molar-refractivity contribution in [3.05, 3.63) is 0 Å². The molecule has 2 aliphatic rings. The number of carbonyl (C=O) groups is 1. The van der Waals surface area contributed by atoms with E-state index in [9.17, 15) is 4.79 Å². The van der Waals surface area contributed by atoms with Gasteiger partial charge in [0.2, 0.25) is 5.91 Å². The van der Waals surface area contributed by atoms with E-state index in [2.05, 4.69) is 11.8 Å². The lowest BCUT2D eigenvalue weighted by atomic mass is 9.81. The van der Waals surface area contributed by atoms with Gasteiger partial charge in [0.25, 0.3) is 0 Å². The normalized spacial score (nSPS) is 23.2. The second-order valence-corrected chi connectivity index (χ2v) is 6.51. The fourth-order valence-corrected chi connectivity index (χ4v) is 3.65. The van der Waals surface area contributed by atoms with Gasteiger partial charge in [0.05, 0.1) is 0 Å². The SMILES string of the molecule is CCC(CC1CCCCC1)C(=O)N1CCC(N)CC1.Cl. The Morgan fingerprint density at radius 3 is 2.30 bits per heavy atom. The number of hydrogen-bond acceptors (Lipinski definition) is 2. The van der Waals surface area contributed by atoms with E-state index in [0.29, 0.717) is 11.9 Å². The molecule has 3 nitrogen and oxygen atoms in total. The molecule has 2 fully saturated rings. The fraction of sp³-hybridized carbons (Fsp3) is 0.938.